The van der Waals surface area contributed by atoms with Crippen LogP contribution in [0.15, 0.2) is 18.5 Å². The van der Waals surface area contributed by atoms with Crippen LogP contribution in [-0.4, -0.2) is 41.3 Å². The number of methoxy groups -OCH3 is 1. The Hall–Kier alpha value is -2.11. The molecule has 0 saturated heterocycles. The second-order valence-corrected chi connectivity index (χ2v) is 4.52. The first-order valence-electron chi connectivity index (χ1n) is 6.20. The Morgan fingerprint density at radius 3 is 3.00 bits per heavy atom. The first kappa shape index (κ1) is 13.3. The Kier molecular flexibility index (Phi) is 3.99. The van der Waals surface area contributed by atoms with Gasteiger partial charge in [0.1, 0.15) is 12.1 Å². The number of hydrogen-bond donors (Lipinski definition) is 0. The molecule has 0 aliphatic rings. The highest BCUT2D eigenvalue weighted by Crippen LogP contribution is 2.17. The second-order valence-electron chi connectivity index (χ2n) is 4.52. The summed E-state index contributed by atoms with van der Waals surface area (Å²) < 4.78 is 6.43. The number of aryl methyl sites for hydroxylation is 1. The Labute approximate surface area is 112 Å². The van der Waals surface area contributed by atoms with Crippen LogP contribution in [0.2, 0.25) is 0 Å². The lowest BCUT2D eigenvalue weighted by Gasteiger charge is -2.20. The molecule has 0 aromatic carbocycles. The molecule has 0 aliphatic carbocycles. The van der Waals surface area contributed by atoms with Crippen LogP contribution in [0.1, 0.15) is 18.4 Å². The van der Waals surface area contributed by atoms with Gasteiger partial charge in [-0.1, -0.05) is 0 Å². The molecule has 0 atom stereocenters. The summed E-state index contributed by atoms with van der Waals surface area (Å²) in [7, 11) is 3.39. The maximum Gasteiger partial charge on any atom is 0.305 e. The fraction of sp³-hybridized carbons (Fsp3) is 0.462. The standard InChI is InChI=1S/C13H18N4O2/c1-10-7-11-14-9-15-17(11)12(8-10)16(2)6-4-5-13(18)19-3/h7-9H,4-6H2,1-3H3. The number of anilines is 1. The minimum absolute atomic E-state index is 0.177. The summed E-state index contributed by atoms with van der Waals surface area (Å²) >= 11 is 0. The smallest absolute Gasteiger partial charge is 0.305 e. The van der Waals surface area contributed by atoms with Crippen molar-refractivity contribution in [3.8, 4) is 0 Å². The van der Waals surface area contributed by atoms with E-state index in [0.717, 1.165) is 30.0 Å². The van der Waals surface area contributed by atoms with Gasteiger partial charge < -0.3 is 9.64 Å². The highest BCUT2D eigenvalue weighted by atomic mass is 16.5. The van der Waals surface area contributed by atoms with Crippen molar-refractivity contribution in [1.82, 2.24) is 14.6 Å². The first-order valence-corrected chi connectivity index (χ1v) is 6.20. The summed E-state index contributed by atoms with van der Waals surface area (Å²) in [5, 5.41) is 4.21. The predicted molar refractivity (Wildman–Crippen MR) is 72.2 cm³/mol. The van der Waals surface area contributed by atoms with Crippen LogP contribution in [-0.2, 0) is 9.53 Å². The molecule has 0 amide bonds. The van der Waals surface area contributed by atoms with E-state index >= 15 is 0 Å². The van der Waals surface area contributed by atoms with Gasteiger partial charge in [-0.25, -0.2) is 4.98 Å². The molecular weight excluding hydrogens is 244 g/mol. The Bertz CT molecular complexity index is 579. The van der Waals surface area contributed by atoms with E-state index in [1.807, 2.05) is 20.0 Å². The van der Waals surface area contributed by atoms with E-state index in [-0.39, 0.29) is 5.97 Å². The van der Waals surface area contributed by atoms with E-state index in [0.29, 0.717) is 6.42 Å². The van der Waals surface area contributed by atoms with Gasteiger partial charge in [-0.2, -0.15) is 9.61 Å². The second kappa shape index (κ2) is 5.69. The van der Waals surface area contributed by atoms with E-state index in [4.69, 9.17) is 0 Å². The number of hydrogen-bond acceptors (Lipinski definition) is 5. The third-order valence-corrected chi connectivity index (χ3v) is 3.00. The molecule has 6 nitrogen and oxygen atoms in total. The third kappa shape index (κ3) is 3.01. The summed E-state index contributed by atoms with van der Waals surface area (Å²) in [6.45, 7) is 2.79. The van der Waals surface area contributed by atoms with Gasteiger partial charge in [-0.3, -0.25) is 4.79 Å². The highest BCUT2D eigenvalue weighted by Gasteiger charge is 2.09. The van der Waals surface area contributed by atoms with Crippen molar-refractivity contribution in [3.63, 3.8) is 0 Å². The van der Waals surface area contributed by atoms with Gasteiger partial charge in [-0.05, 0) is 31.0 Å². The van der Waals surface area contributed by atoms with Crippen molar-refractivity contribution in [1.29, 1.82) is 0 Å². The molecule has 0 N–H and O–H groups in total. The highest BCUT2D eigenvalue weighted by molar-refractivity contribution is 5.69. The number of carbonyl (C=O) groups is 1. The largest absolute Gasteiger partial charge is 0.469 e. The van der Waals surface area contributed by atoms with Crippen LogP contribution in [0.5, 0.6) is 0 Å². The van der Waals surface area contributed by atoms with Crippen LogP contribution in [0.4, 0.5) is 5.82 Å². The molecule has 0 unspecified atom stereocenters. The van der Waals surface area contributed by atoms with Crippen molar-refractivity contribution < 1.29 is 9.53 Å². The molecular formula is C13H18N4O2. The molecule has 0 spiro atoms. The fourth-order valence-electron chi connectivity index (χ4n) is 1.98. The molecule has 102 valence electrons. The molecule has 0 aliphatic heterocycles. The average molecular weight is 262 g/mol. The summed E-state index contributed by atoms with van der Waals surface area (Å²) in [5.74, 6) is 0.793. The molecule has 0 bridgehead atoms. The number of aromatic nitrogens is 3. The van der Waals surface area contributed by atoms with Crippen LogP contribution in [0.3, 0.4) is 0 Å². The van der Waals surface area contributed by atoms with Gasteiger partial charge in [0.25, 0.3) is 0 Å². The van der Waals surface area contributed by atoms with E-state index in [9.17, 15) is 4.79 Å². The molecule has 2 aromatic rings. The SMILES string of the molecule is COC(=O)CCCN(C)c1cc(C)cc2ncnn12. The molecule has 19 heavy (non-hydrogen) atoms. The minimum atomic E-state index is -0.177. The van der Waals surface area contributed by atoms with Crippen molar-refractivity contribution in [2.75, 3.05) is 25.6 Å². The Morgan fingerprint density at radius 1 is 1.47 bits per heavy atom. The molecule has 0 saturated carbocycles. The first-order chi connectivity index (χ1) is 9.11. The number of nitrogens with zero attached hydrogens (tertiary/aromatic N) is 4. The predicted octanol–water partition coefficient (Wildman–Crippen LogP) is 1.43. The molecule has 6 heteroatoms. The Balaban J connectivity index is 2.10. The van der Waals surface area contributed by atoms with Crippen molar-refractivity contribution in [3.05, 3.63) is 24.0 Å². The van der Waals surface area contributed by atoms with E-state index in [2.05, 4.69) is 25.8 Å². The van der Waals surface area contributed by atoms with E-state index in [1.54, 1.807) is 10.8 Å². The number of ether oxygens (including phenoxy) is 1. The number of fused-ring (bicyclic) bond motifs is 1. The summed E-state index contributed by atoms with van der Waals surface area (Å²) in [5.41, 5.74) is 1.96. The van der Waals surface area contributed by atoms with Gasteiger partial charge in [0.05, 0.1) is 7.11 Å². The van der Waals surface area contributed by atoms with E-state index < -0.39 is 0 Å². The van der Waals surface area contributed by atoms with Gasteiger partial charge in [0.15, 0.2) is 5.65 Å². The van der Waals surface area contributed by atoms with Crippen LogP contribution >= 0.6 is 0 Å². The quantitative estimate of drug-likeness (QED) is 0.763. The third-order valence-electron chi connectivity index (χ3n) is 3.00. The molecule has 2 heterocycles. The maximum absolute atomic E-state index is 11.1. The van der Waals surface area contributed by atoms with Gasteiger partial charge in [0, 0.05) is 20.0 Å². The maximum atomic E-state index is 11.1. The van der Waals surface area contributed by atoms with Crippen molar-refractivity contribution in [2.45, 2.75) is 19.8 Å². The number of rotatable bonds is 5. The number of pyridine rings is 1. The summed E-state index contributed by atoms with van der Waals surface area (Å²) in [4.78, 5) is 17.3. The number of carbonyl (C=O) groups excluding carboxylic acids is 1. The molecule has 0 fully saturated rings. The van der Waals surface area contributed by atoms with Gasteiger partial charge >= 0.3 is 5.97 Å². The zero-order valence-corrected chi connectivity index (χ0v) is 11.5. The number of esters is 1. The van der Waals surface area contributed by atoms with Gasteiger partial charge in [0.2, 0.25) is 0 Å². The lowest BCUT2D eigenvalue weighted by molar-refractivity contribution is -0.140. The van der Waals surface area contributed by atoms with Crippen molar-refractivity contribution >= 4 is 17.4 Å². The minimum Gasteiger partial charge on any atom is -0.469 e. The molecule has 2 aromatic heterocycles. The normalized spacial score (nSPS) is 10.7. The van der Waals surface area contributed by atoms with Crippen LogP contribution in [0.25, 0.3) is 5.65 Å². The monoisotopic (exact) mass is 262 g/mol. The van der Waals surface area contributed by atoms with Crippen LogP contribution in [0, 0.1) is 6.92 Å². The van der Waals surface area contributed by atoms with E-state index in [1.165, 1.54) is 7.11 Å². The topological polar surface area (TPSA) is 59.7 Å². The van der Waals surface area contributed by atoms with Gasteiger partial charge in [-0.15, -0.1) is 0 Å². The zero-order chi connectivity index (χ0) is 13.8. The molecule has 0 radical (unpaired) electrons. The molecule has 2 rings (SSSR count). The Morgan fingerprint density at radius 2 is 2.26 bits per heavy atom. The zero-order valence-electron chi connectivity index (χ0n) is 11.5. The lowest BCUT2D eigenvalue weighted by atomic mass is 10.2. The van der Waals surface area contributed by atoms with Crippen LogP contribution < -0.4 is 4.90 Å². The van der Waals surface area contributed by atoms with Crippen molar-refractivity contribution in [2.24, 2.45) is 0 Å². The fourth-order valence-corrected chi connectivity index (χ4v) is 1.98. The lowest BCUT2D eigenvalue weighted by Crippen LogP contribution is -2.22. The average Bonchev–Trinajstić information content (AvgIpc) is 2.85. The summed E-state index contributed by atoms with van der Waals surface area (Å²) in [6.07, 6.45) is 2.71. The summed E-state index contributed by atoms with van der Waals surface area (Å²) in [6, 6.07) is 4.04.